The molecule has 6 heteroatoms. The lowest BCUT2D eigenvalue weighted by Gasteiger charge is -2.15. The lowest BCUT2D eigenvalue weighted by atomic mass is 10.0. The maximum atomic E-state index is 12.5. The molecule has 1 aromatic rings. The van der Waals surface area contributed by atoms with E-state index in [1.807, 2.05) is 0 Å². The second-order valence-corrected chi connectivity index (χ2v) is 7.90. The normalized spacial score (nSPS) is 17.4. The quantitative estimate of drug-likeness (QED) is 0.666. The molecule has 2 amide bonds. The lowest BCUT2D eigenvalue weighted by Crippen LogP contribution is -2.33. The molecule has 6 nitrogen and oxygen atoms in total. The van der Waals surface area contributed by atoms with Crippen LogP contribution in [0, 0.1) is 5.92 Å². The molecule has 0 atom stereocenters. The fourth-order valence-corrected chi connectivity index (χ4v) is 4.15. The maximum Gasteiger partial charge on any atom is 0.306 e. The number of carbonyl (C=O) groups excluding carboxylic acids is 3. The Morgan fingerprint density at radius 1 is 0.964 bits per heavy atom. The van der Waals surface area contributed by atoms with Gasteiger partial charge in [-0.2, -0.15) is 0 Å². The minimum atomic E-state index is -0.435. The zero-order chi connectivity index (χ0) is 19.8. The van der Waals surface area contributed by atoms with Crippen LogP contribution in [0.1, 0.15) is 74.6 Å². The number of para-hydroxylation sites is 1. The molecule has 3 rings (SSSR count). The van der Waals surface area contributed by atoms with Gasteiger partial charge in [0, 0.05) is 12.5 Å². The molecule has 28 heavy (non-hydrogen) atoms. The number of carbonyl (C=O) groups is 3. The third-order valence-electron chi connectivity index (χ3n) is 5.73. The minimum absolute atomic E-state index is 0.184. The van der Waals surface area contributed by atoms with Crippen LogP contribution in [-0.4, -0.2) is 30.4 Å². The van der Waals surface area contributed by atoms with Gasteiger partial charge in [0.15, 0.2) is 6.61 Å². The van der Waals surface area contributed by atoms with Gasteiger partial charge >= 0.3 is 5.97 Å². The van der Waals surface area contributed by atoms with Crippen LogP contribution in [0.3, 0.4) is 0 Å². The average molecular weight is 386 g/mol. The van der Waals surface area contributed by atoms with Crippen LogP contribution < -0.4 is 10.6 Å². The summed E-state index contributed by atoms with van der Waals surface area (Å²) in [4.78, 5) is 36.6. The zero-order valence-corrected chi connectivity index (χ0v) is 16.4. The van der Waals surface area contributed by atoms with E-state index in [1.54, 1.807) is 24.3 Å². The summed E-state index contributed by atoms with van der Waals surface area (Å²) in [5, 5.41) is 5.72. The summed E-state index contributed by atoms with van der Waals surface area (Å²) in [6, 6.07) is 7.10. The molecule has 0 saturated heterocycles. The number of anilines is 1. The predicted molar refractivity (Wildman–Crippen MR) is 107 cm³/mol. The highest BCUT2D eigenvalue weighted by Gasteiger charge is 2.21. The van der Waals surface area contributed by atoms with Gasteiger partial charge in [-0.3, -0.25) is 14.4 Å². The van der Waals surface area contributed by atoms with Crippen molar-refractivity contribution in [3.63, 3.8) is 0 Å². The Labute approximate surface area is 166 Å². The van der Waals surface area contributed by atoms with Gasteiger partial charge in [0.05, 0.1) is 11.3 Å². The molecule has 2 fully saturated rings. The highest BCUT2D eigenvalue weighted by molar-refractivity contribution is 6.04. The van der Waals surface area contributed by atoms with Gasteiger partial charge < -0.3 is 15.4 Å². The molecular formula is C22H30N2O4. The van der Waals surface area contributed by atoms with E-state index >= 15 is 0 Å². The van der Waals surface area contributed by atoms with Crippen LogP contribution in [0.25, 0.3) is 0 Å². The third kappa shape index (κ3) is 6.08. The molecule has 2 N–H and O–H groups in total. The van der Waals surface area contributed by atoms with E-state index in [0.717, 1.165) is 32.1 Å². The van der Waals surface area contributed by atoms with Crippen molar-refractivity contribution in [1.82, 2.24) is 5.32 Å². The van der Waals surface area contributed by atoms with Gasteiger partial charge in [-0.1, -0.05) is 50.7 Å². The molecule has 2 saturated carbocycles. The summed E-state index contributed by atoms with van der Waals surface area (Å²) in [6.07, 6.45) is 10.3. The van der Waals surface area contributed by atoms with Crippen LogP contribution in [-0.2, 0) is 14.3 Å². The summed E-state index contributed by atoms with van der Waals surface area (Å²) < 4.78 is 5.09. The first kappa shape index (κ1) is 20.4. The molecule has 0 radical (unpaired) electrons. The largest absolute Gasteiger partial charge is 0.456 e. The Balaban J connectivity index is 1.45. The fourth-order valence-electron chi connectivity index (χ4n) is 4.15. The monoisotopic (exact) mass is 386 g/mol. The number of esters is 1. The number of amides is 2. The number of hydrogen-bond donors (Lipinski definition) is 2. The average Bonchev–Trinajstić information content (AvgIpc) is 3.39. The van der Waals surface area contributed by atoms with Gasteiger partial charge in [-0.25, -0.2) is 0 Å². The van der Waals surface area contributed by atoms with Gasteiger partial charge in [0.25, 0.3) is 11.8 Å². The number of nitrogens with one attached hydrogen (secondary N) is 2. The molecule has 0 bridgehead atoms. The first-order valence-electron chi connectivity index (χ1n) is 10.5. The molecule has 0 heterocycles. The Morgan fingerprint density at radius 2 is 1.64 bits per heavy atom. The topological polar surface area (TPSA) is 84.5 Å². The second kappa shape index (κ2) is 10.2. The first-order valence-corrected chi connectivity index (χ1v) is 10.5. The summed E-state index contributed by atoms with van der Waals surface area (Å²) >= 11 is 0. The number of rotatable bonds is 8. The van der Waals surface area contributed by atoms with Crippen molar-refractivity contribution in [2.75, 3.05) is 11.9 Å². The van der Waals surface area contributed by atoms with Gasteiger partial charge in [-0.05, 0) is 37.3 Å². The van der Waals surface area contributed by atoms with E-state index in [0.29, 0.717) is 23.6 Å². The SMILES string of the molecule is O=C(COC(=O)CCC1CCCC1)Nc1ccccc1C(=O)NC1CCCC1. The lowest BCUT2D eigenvalue weighted by molar-refractivity contribution is -0.147. The van der Waals surface area contributed by atoms with E-state index in [2.05, 4.69) is 10.6 Å². The number of benzene rings is 1. The van der Waals surface area contributed by atoms with Crippen molar-refractivity contribution in [2.24, 2.45) is 5.92 Å². The van der Waals surface area contributed by atoms with Crippen molar-refractivity contribution < 1.29 is 19.1 Å². The molecule has 1 aromatic carbocycles. The number of hydrogen-bond acceptors (Lipinski definition) is 4. The van der Waals surface area contributed by atoms with E-state index in [1.165, 1.54) is 25.7 Å². The third-order valence-corrected chi connectivity index (χ3v) is 5.73. The van der Waals surface area contributed by atoms with Gasteiger partial charge in [0.2, 0.25) is 0 Å². The Morgan fingerprint density at radius 3 is 2.39 bits per heavy atom. The summed E-state index contributed by atoms with van der Waals surface area (Å²) in [6.45, 7) is -0.331. The molecule has 2 aliphatic carbocycles. The summed E-state index contributed by atoms with van der Waals surface area (Å²) in [5.74, 6) is -0.340. The molecule has 0 spiro atoms. The van der Waals surface area contributed by atoms with Crippen LogP contribution in [0.4, 0.5) is 5.69 Å². The fraction of sp³-hybridized carbons (Fsp3) is 0.591. The molecule has 0 unspecified atom stereocenters. The first-order chi connectivity index (χ1) is 13.6. The van der Waals surface area contributed by atoms with Crippen molar-refractivity contribution in [3.8, 4) is 0 Å². The van der Waals surface area contributed by atoms with Crippen LogP contribution in [0.5, 0.6) is 0 Å². The van der Waals surface area contributed by atoms with Gasteiger partial charge in [-0.15, -0.1) is 0 Å². The van der Waals surface area contributed by atoms with Crippen LogP contribution in [0.2, 0.25) is 0 Å². The van der Waals surface area contributed by atoms with Crippen LogP contribution in [0.15, 0.2) is 24.3 Å². The Kier molecular flexibility index (Phi) is 7.46. The Hall–Kier alpha value is -2.37. The zero-order valence-electron chi connectivity index (χ0n) is 16.4. The van der Waals surface area contributed by atoms with Crippen molar-refractivity contribution in [1.29, 1.82) is 0 Å². The van der Waals surface area contributed by atoms with Crippen molar-refractivity contribution in [3.05, 3.63) is 29.8 Å². The Bertz CT molecular complexity index is 692. The molecule has 0 aliphatic heterocycles. The highest BCUT2D eigenvalue weighted by Crippen LogP contribution is 2.28. The van der Waals surface area contributed by atoms with Crippen molar-refractivity contribution in [2.45, 2.75) is 70.3 Å². The molecular weight excluding hydrogens is 356 g/mol. The minimum Gasteiger partial charge on any atom is -0.456 e. The molecule has 152 valence electrons. The van der Waals surface area contributed by atoms with E-state index < -0.39 is 5.91 Å². The van der Waals surface area contributed by atoms with Crippen molar-refractivity contribution >= 4 is 23.5 Å². The molecule has 0 aromatic heterocycles. The highest BCUT2D eigenvalue weighted by atomic mass is 16.5. The maximum absolute atomic E-state index is 12.5. The summed E-state index contributed by atoms with van der Waals surface area (Å²) in [5.41, 5.74) is 0.861. The van der Waals surface area contributed by atoms with E-state index in [-0.39, 0.29) is 24.5 Å². The second-order valence-electron chi connectivity index (χ2n) is 7.90. The smallest absolute Gasteiger partial charge is 0.306 e. The molecule has 2 aliphatic rings. The standard InChI is InChI=1S/C22H30N2O4/c25-20(15-28-21(26)14-13-16-7-1-2-8-16)24-19-12-6-5-11-18(19)22(27)23-17-9-3-4-10-17/h5-6,11-12,16-17H,1-4,7-10,13-15H2,(H,23,27)(H,24,25). The van der Waals surface area contributed by atoms with E-state index in [9.17, 15) is 14.4 Å². The number of ether oxygens (including phenoxy) is 1. The van der Waals surface area contributed by atoms with Gasteiger partial charge in [0.1, 0.15) is 0 Å². The van der Waals surface area contributed by atoms with E-state index in [4.69, 9.17) is 4.74 Å². The van der Waals surface area contributed by atoms with Crippen LogP contribution >= 0.6 is 0 Å². The summed E-state index contributed by atoms with van der Waals surface area (Å²) in [7, 11) is 0. The predicted octanol–water partition coefficient (Wildman–Crippen LogP) is 3.81.